The van der Waals surface area contributed by atoms with Gasteiger partial charge in [0, 0.05) is 0 Å². The van der Waals surface area contributed by atoms with E-state index in [1.165, 1.54) is 38.5 Å². The molecule has 1 rings (SSSR count). The summed E-state index contributed by atoms with van der Waals surface area (Å²) in [5, 5.41) is 20.9. The zero-order valence-corrected chi connectivity index (χ0v) is 16.3. The Hall–Kier alpha value is -1.18. The predicted octanol–water partition coefficient (Wildman–Crippen LogP) is 6.62. The van der Waals surface area contributed by atoms with Crippen LogP contribution in [-0.2, 0) is 12.8 Å². The lowest BCUT2D eigenvalue weighted by atomic mass is 9.88. The van der Waals surface area contributed by atoms with Crippen molar-refractivity contribution >= 4 is 0 Å². The van der Waals surface area contributed by atoms with Crippen LogP contribution >= 0.6 is 0 Å². The first-order chi connectivity index (χ1) is 11.5. The summed E-state index contributed by atoms with van der Waals surface area (Å²) in [5.74, 6) is 1.91. The molecule has 2 N–H and O–H groups in total. The average Bonchev–Trinajstić information content (AvgIpc) is 2.58. The molecule has 0 fully saturated rings. The Labute approximate surface area is 149 Å². The maximum absolute atomic E-state index is 10.4. The van der Waals surface area contributed by atoms with Crippen molar-refractivity contribution in [2.45, 2.75) is 91.9 Å². The first-order valence-electron chi connectivity index (χ1n) is 10.1. The third-order valence-electron chi connectivity index (χ3n) is 5.38. The third-order valence-corrected chi connectivity index (χ3v) is 5.38. The van der Waals surface area contributed by atoms with Crippen LogP contribution in [0.5, 0.6) is 11.5 Å². The Kier molecular flexibility index (Phi) is 9.90. The minimum absolute atomic E-state index is 0.364. The monoisotopic (exact) mass is 334 g/mol. The highest BCUT2D eigenvalue weighted by Gasteiger charge is 2.16. The number of phenols is 2. The van der Waals surface area contributed by atoms with Crippen LogP contribution in [0.25, 0.3) is 0 Å². The summed E-state index contributed by atoms with van der Waals surface area (Å²) >= 11 is 0. The van der Waals surface area contributed by atoms with Gasteiger partial charge in [-0.05, 0) is 47.9 Å². The van der Waals surface area contributed by atoms with Crippen LogP contribution in [0.3, 0.4) is 0 Å². The molecule has 0 amide bonds. The highest BCUT2D eigenvalue weighted by molar-refractivity contribution is 5.45. The van der Waals surface area contributed by atoms with Crippen molar-refractivity contribution < 1.29 is 10.2 Å². The molecule has 24 heavy (non-hydrogen) atoms. The van der Waals surface area contributed by atoms with Crippen LogP contribution in [0, 0.1) is 11.8 Å². The highest BCUT2D eigenvalue weighted by atomic mass is 16.3. The van der Waals surface area contributed by atoms with Gasteiger partial charge < -0.3 is 10.2 Å². The average molecular weight is 335 g/mol. The quantitative estimate of drug-likeness (QED) is 0.422. The maximum atomic E-state index is 10.4. The molecule has 0 aromatic heterocycles. The fourth-order valence-electron chi connectivity index (χ4n) is 3.50. The molecule has 0 heterocycles. The molecule has 0 unspecified atom stereocenters. The molecule has 0 spiro atoms. The first-order valence-corrected chi connectivity index (χ1v) is 10.1. The van der Waals surface area contributed by atoms with Crippen LogP contribution in [-0.4, -0.2) is 10.2 Å². The van der Waals surface area contributed by atoms with E-state index in [1.807, 2.05) is 12.1 Å². The van der Waals surface area contributed by atoms with E-state index in [1.54, 1.807) is 0 Å². The molecule has 2 heteroatoms. The van der Waals surface area contributed by atoms with Gasteiger partial charge in [0.25, 0.3) is 0 Å². The SMILES string of the molecule is CCCC[C@@H](CC)Cc1cc(O)c(C[C@H](CC)CCCC)cc1O. The Morgan fingerprint density at radius 3 is 1.38 bits per heavy atom. The maximum Gasteiger partial charge on any atom is 0.119 e. The number of unbranched alkanes of at least 4 members (excludes halogenated alkanes) is 2. The Bertz CT molecular complexity index is 424. The lowest BCUT2D eigenvalue weighted by Gasteiger charge is -2.19. The largest absolute Gasteiger partial charge is 0.508 e. The Morgan fingerprint density at radius 1 is 0.708 bits per heavy atom. The fourth-order valence-corrected chi connectivity index (χ4v) is 3.50. The summed E-state index contributed by atoms with van der Waals surface area (Å²) in [6.45, 7) is 8.86. The van der Waals surface area contributed by atoms with E-state index < -0.39 is 0 Å². The van der Waals surface area contributed by atoms with Gasteiger partial charge in [-0.25, -0.2) is 0 Å². The van der Waals surface area contributed by atoms with Crippen molar-refractivity contribution in [3.05, 3.63) is 23.3 Å². The topological polar surface area (TPSA) is 40.5 Å². The zero-order chi connectivity index (χ0) is 17.9. The Balaban J connectivity index is 2.80. The van der Waals surface area contributed by atoms with Crippen molar-refractivity contribution in [2.24, 2.45) is 11.8 Å². The molecule has 1 aromatic rings. The van der Waals surface area contributed by atoms with Gasteiger partial charge in [-0.1, -0.05) is 79.1 Å². The van der Waals surface area contributed by atoms with Gasteiger partial charge in [0.2, 0.25) is 0 Å². The summed E-state index contributed by atoms with van der Waals surface area (Å²) in [6.07, 6.45) is 11.3. The molecular weight excluding hydrogens is 296 g/mol. The standard InChI is InChI=1S/C22H38O2/c1-5-9-11-17(7-3)13-19-15-22(24)20(16-21(19)23)14-18(8-4)12-10-6-2/h15-18,23-24H,5-14H2,1-4H3/t17-,18-/m1/s1. The molecule has 0 aliphatic heterocycles. The lowest BCUT2D eigenvalue weighted by Crippen LogP contribution is -2.06. The van der Waals surface area contributed by atoms with Gasteiger partial charge >= 0.3 is 0 Å². The smallest absolute Gasteiger partial charge is 0.119 e. The van der Waals surface area contributed by atoms with Crippen molar-refractivity contribution in [2.75, 3.05) is 0 Å². The van der Waals surface area contributed by atoms with Crippen LogP contribution in [0.2, 0.25) is 0 Å². The van der Waals surface area contributed by atoms with Gasteiger partial charge in [0.15, 0.2) is 0 Å². The van der Waals surface area contributed by atoms with Gasteiger partial charge in [-0.2, -0.15) is 0 Å². The van der Waals surface area contributed by atoms with Crippen LogP contribution < -0.4 is 0 Å². The van der Waals surface area contributed by atoms with E-state index in [-0.39, 0.29) is 0 Å². The molecule has 2 atom stereocenters. The van der Waals surface area contributed by atoms with Gasteiger partial charge in [-0.3, -0.25) is 0 Å². The molecule has 0 bridgehead atoms. The molecule has 0 saturated heterocycles. The second-order valence-electron chi connectivity index (χ2n) is 7.35. The molecule has 138 valence electrons. The van der Waals surface area contributed by atoms with Crippen molar-refractivity contribution in [3.8, 4) is 11.5 Å². The minimum atomic E-state index is 0.364. The van der Waals surface area contributed by atoms with Gasteiger partial charge in [0.1, 0.15) is 11.5 Å². The van der Waals surface area contributed by atoms with Crippen molar-refractivity contribution in [1.29, 1.82) is 0 Å². The Morgan fingerprint density at radius 2 is 1.08 bits per heavy atom. The van der Waals surface area contributed by atoms with E-state index in [9.17, 15) is 10.2 Å². The summed E-state index contributed by atoms with van der Waals surface area (Å²) in [4.78, 5) is 0. The van der Waals surface area contributed by atoms with E-state index in [0.29, 0.717) is 23.3 Å². The molecular formula is C22H38O2. The molecule has 2 nitrogen and oxygen atoms in total. The van der Waals surface area contributed by atoms with Gasteiger partial charge in [-0.15, -0.1) is 0 Å². The first kappa shape index (κ1) is 20.9. The van der Waals surface area contributed by atoms with Crippen molar-refractivity contribution in [1.82, 2.24) is 0 Å². The van der Waals surface area contributed by atoms with E-state index >= 15 is 0 Å². The normalized spacial score (nSPS) is 13.8. The van der Waals surface area contributed by atoms with Crippen LogP contribution in [0.4, 0.5) is 0 Å². The number of aromatic hydroxyl groups is 2. The second kappa shape index (κ2) is 11.4. The van der Waals surface area contributed by atoms with Crippen LogP contribution in [0.1, 0.15) is 90.2 Å². The van der Waals surface area contributed by atoms with E-state index in [4.69, 9.17) is 0 Å². The van der Waals surface area contributed by atoms with Crippen LogP contribution in [0.15, 0.2) is 12.1 Å². The van der Waals surface area contributed by atoms with E-state index in [0.717, 1.165) is 36.8 Å². The number of benzene rings is 1. The second-order valence-corrected chi connectivity index (χ2v) is 7.35. The fraction of sp³-hybridized carbons (Fsp3) is 0.727. The summed E-state index contributed by atoms with van der Waals surface area (Å²) in [6, 6.07) is 3.62. The molecule has 0 aliphatic carbocycles. The molecule has 0 aliphatic rings. The highest BCUT2D eigenvalue weighted by Crippen LogP contribution is 2.33. The van der Waals surface area contributed by atoms with Crippen molar-refractivity contribution in [3.63, 3.8) is 0 Å². The number of rotatable bonds is 12. The summed E-state index contributed by atoms with van der Waals surface area (Å²) in [5.41, 5.74) is 1.81. The number of phenolic OH excluding ortho intramolecular Hbond substituents is 2. The lowest BCUT2D eigenvalue weighted by molar-refractivity contribution is 0.409. The molecule has 1 aromatic carbocycles. The minimum Gasteiger partial charge on any atom is -0.508 e. The third kappa shape index (κ3) is 6.75. The zero-order valence-electron chi connectivity index (χ0n) is 16.3. The number of hydrogen-bond acceptors (Lipinski definition) is 2. The number of hydrogen-bond donors (Lipinski definition) is 2. The van der Waals surface area contributed by atoms with E-state index in [2.05, 4.69) is 27.7 Å². The molecule has 0 saturated carbocycles. The predicted molar refractivity (Wildman–Crippen MR) is 104 cm³/mol. The van der Waals surface area contributed by atoms with Gasteiger partial charge in [0.05, 0.1) is 0 Å². The molecule has 0 radical (unpaired) electrons. The summed E-state index contributed by atoms with van der Waals surface area (Å²) in [7, 11) is 0. The summed E-state index contributed by atoms with van der Waals surface area (Å²) < 4.78 is 0.